The summed E-state index contributed by atoms with van der Waals surface area (Å²) in [5, 5.41) is 6.99. The van der Waals surface area contributed by atoms with Gasteiger partial charge in [0, 0.05) is 19.1 Å². The Kier molecular flexibility index (Phi) is 4.15. The van der Waals surface area contributed by atoms with Crippen molar-refractivity contribution >= 4 is 5.84 Å². The lowest BCUT2D eigenvalue weighted by atomic mass is 10.1. The number of ether oxygens (including phenoxy) is 1. The largest absolute Gasteiger partial charge is 0.399 e. The van der Waals surface area contributed by atoms with E-state index in [4.69, 9.17) is 15.9 Å². The van der Waals surface area contributed by atoms with E-state index in [2.05, 4.69) is 0 Å². The maximum absolute atomic E-state index is 12.6. The second kappa shape index (κ2) is 5.01. The number of amidine groups is 1. The molecule has 94 valence electrons. The minimum absolute atomic E-state index is 0.0713. The van der Waals surface area contributed by atoms with Gasteiger partial charge >= 0.3 is 6.18 Å². The minimum Gasteiger partial charge on any atom is -0.387 e. The number of nitrogens with zero attached hydrogens (tertiary/aromatic N) is 1. The fourth-order valence-electron chi connectivity index (χ4n) is 1.65. The average Bonchev–Trinajstić information content (AvgIpc) is 2.14. The van der Waals surface area contributed by atoms with Gasteiger partial charge < -0.3 is 10.5 Å². The van der Waals surface area contributed by atoms with E-state index in [-0.39, 0.29) is 12.6 Å². The summed E-state index contributed by atoms with van der Waals surface area (Å²) < 4.78 is 42.9. The van der Waals surface area contributed by atoms with E-state index >= 15 is 0 Å². The van der Waals surface area contributed by atoms with Crippen molar-refractivity contribution in [1.82, 2.24) is 4.90 Å². The van der Waals surface area contributed by atoms with E-state index in [0.29, 0.717) is 19.8 Å². The Morgan fingerprint density at radius 3 is 2.69 bits per heavy atom. The van der Waals surface area contributed by atoms with E-state index in [9.17, 15) is 13.2 Å². The summed E-state index contributed by atoms with van der Waals surface area (Å²) in [5.41, 5.74) is 4.99. The molecule has 0 saturated carbocycles. The molecular formula is C9H16F3N3O. The van der Waals surface area contributed by atoms with Crippen molar-refractivity contribution in [2.45, 2.75) is 19.1 Å². The molecule has 4 nitrogen and oxygen atoms in total. The number of morpholine rings is 1. The van der Waals surface area contributed by atoms with Crippen molar-refractivity contribution in [2.75, 3.05) is 26.3 Å². The zero-order valence-corrected chi connectivity index (χ0v) is 9.05. The van der Waals surface area contributed by atoms with E-state index in [1.54, 1.807) is 11.8 Å². The molecule has 7 heteroatoms. The summed E-state index contributed by atoms with van der Waals surface area (Å²) in [6, 6.07) is -0.0713. The number of hydrogen-bond donors (Lipinski definition) is 2. The molecule has 0 amide bonds. The molecule has 1 aliphatic heterocycles. The van der Waals surface area contributed by atoms with E-state index in [1.165, 1.54) is 0 Å². The van der Waals surface area contributed by atoms with Gasteiger partial charge in [-0.15, -0.1) is 0 Å². The molecule has 3 N–H and O–H groups in total. The molecule has 1 heterocycles. The summed E-state index contributed by atoms with van der Waals surface area (Å²) in [7, 11) is 0. The van der Waals surface area contributed by atoms with Crippen LogP contribution in [0.25, 0.3) is 0 Å². The van der Waals surface area contributed by atoms with Crippen LogP contribution in [0.15, 0.2) is 0 Å². The molecule has 0 aromatic carbocycles. The predicted molar refractivity (Wildman–Crippen MR) is 53.3 cm³/mol. The van der Waals surface area contributed by atoms with E-state index in [1.807, 2.05) is 0 Å². The number of hydrogen-bond acceptors (Lipinski definition) is 3. The topological polar surface area (TPSA) is 62.3 Å². The summed E-state index contributed by atoms with van der Waals surface area (Å²) >= 11 is 0. The average molecular weight is 239 g/mol. The van der Waals surface area contributed by atoms with Gasteiger partial charge in [0.2, 0.25) is 0 Å². The summed E-state index contributed by atoms with van der Waals surface area (Å²) in [6.07, 6.45) is -4.45. The lowest BCUT2D eigenvalue weighted by Crippen LogP contribution is -2.50. The Hall–Kier alpha value is -0.820. The van der Waals surface area contributed by atoms with Gasteiger partial charge in [0.25, 0.3) is 0 Å². The van der Waals surface area contributed by atoms with Crippen LogP contribution in [0.2, 0.25) is 0 Å². The first-order valence-corrected chi connectivity index (χ1v) is 5.04. The number of alkyl halides is 3. The normalized spacial score (nSPS) is 25.4. The Morgan fingerprint density at radius 2 is 2.25 bits per heavy atom. The zero-order chi connectivity index (χ0) is 12.3. The molecule has 0 aromatic heterocycles. The molecule has 16 heavy (non-hydrogen) atoms. The summed E-state index contributed by atoms with van der Waals surface area (Å²) in [4.78, 5) is 1.66. The second-order valence-electron chi connectivity index (χ2n) is 3.97. The third-order valence-corrected chi connectivity index (χ3v) is 2.69. The number of nitrogens with one attached hydrogen (secondary N) is 1. The van der Waals surface area contributed by atoms with Crippen LogP contribution < -0.4 is 5.73 Å². The Balaban J connectivity index is 2.64. The van der Waals surface area contributed by atoms with Crippen molar-refractivity contribution in [3.8, 4) is 0 Å². The molecule has 2 atom stereocenters. The van der Waals surface area contributed by atoms with Crippen LogP contribution in [0, 0.1) is 11.3 Å². The summed E-state index contributed by atoms with van der Waals surface area (Å²) in [5.74, 6) is -2.71. The standard InChI is InChI=1S/C9H16F3N3O/c1-6-5-16-3-2-15(6)4-7(8(13)14)9(10,11)12/h6-7H,2-5H2,1H3,(H3,13,14). The molecule has 1 rings (SSSR count). The van der Waals surface area contributed by atoms with Crippen LogP contribution in [0.5, 0.6) is 0 Å². The van der Waals surface area contributed by atoms with Gasteiger partial charge in [-0.2, -0.15) is 13.2 Å². The second-order valence-corrected chi connectivity index (χ2v) is 3.97. The molecule has 1 saturated heterocycles. The third kappa shape index (κ3) is 3.34. The lowest BCUT2D eigenvalue weighted by molar-refractivity contribution is -0.164. The molecule has 0 spiro atoms. The van der Waals surface area contributed by atoms with Crippen LogP contribution in [0.3, 0.4) is 0 Å². The van der Waals surface area contributed by atoms with E-state index < -0.39 is 17.9 Å². The van der Waals surface area contributed by atoms with Crippen LogP contribution >= 0.6 is 0 Å². The third-order valence-electron chi connectivity index (χ3n) is 2.69. The summed E-state index contributed by atoms with van der Waals surface area (Å²) in [6.45, 7) is 2.83. The smallest absolute Gasteiger partial charge is 0.387 e. The maximum Gasteiger partial charge on any atom is 0.399 e. The first-order valence-electron chi connectivity index (χ1n) is 5.04. The Bertz CT molecular complexity index is 257. The van der Waals surface area contributed by atoms with E-state index in [0.717, 1.165) is 0 Å². The highest BCUT2D eigenvalue weighted by Crippen LogP contribution is 2.27. The van der Waals surface area contributed by atoms with Gasteiger partial charge in [-0.3, -0.25) is 10.3 Å². The highest BCUT2D eigenvalue weighted by atomic mass is 19.4. The first kappa shape index (κ1) is 13.2. The number of rotatable bonds is 3. The highest BCUT2D eigenvalue weighted by Gasteiger charge is 2.43. The van der Waals surface area contributed by atoms with Gasteiger partial charge in [-0.05, 0) is 6.92 Å². The number of halogens is 3. The van der Waals surface area contributed by atoms with Crippen molar-refractivity contribution in [1.29, 1.82) is 5.41 Å². The zero-order valence-electron chi connectivity index (χ0n) is 9.05. The lowest BCUT2D eigenvalue weighted by Gasteiger charge is -2.35. The maximum atomic E-state index is 12.6. The van der Waals surface area contributed by atoms with Crippen molar-refractivity contribution < 1.29 is 17.9 Å². The Labute approximate surface area is 92.0 Å². The minimum atomic E-state index is -4.45. The molecule has 1 aliphatic rings. The van der Waals surface area contributed by atoms with Crippen molar-refractivity contribution in [2.24, 2.45) is 11.7 Å². The fourth-order valence-corrected chi connectivity index (χ4v) is 1.65. The SMILES string of the molecule is CC1COCCN1CC(C(=N)N)C(F)(F)F. The van der Waals surface area contributed by atoms with Crippen molar-refractivity contribution in [3.05, 3.63) is 0 Å². The predicted octanol–water partition coefficient (Wildman–Crippen LogP) is 0.822. The highest BCUT2D eigenvalue weighted by molar-refractivity contribution is 5.80. The fraction of sp³-hybridized carbons (Fsp3) is 0.889. The molecule has 1 fully saturated rings. The van der Waals surface area contributed by atoms with Crippen LogP contribution in [0.1, 0.15) is 6.92 Å². The Morgan fingerprint density at radius 1 is 1.62 bits per heavy atom. The number of nitrogens with two attached hydrogens (primary N) is 1. The van der Waals surface area contributed by atoms with Gasteiger partial charge in [0.05, 0.1) is 13.2 Å². The van der Waals surface area contributed by atoms with Crippen LogP contribution in [-0.4, -0.2) is 49.3 Å². The van der Waals surface area contributed by atoms with Gasteiger partial charge in [0.1, 0.15) is 11.8 Å². The monoisotopic (exact) mass is 239 g/mol. The van der Waals surface area contributed by atoms with Gasteiger partial charge in [0.15, 0.2) is 0 Å². The molecule has 0 aliphatic carbocycles. The molecular weight excluding hydrogens is 223 g/mol. The quantitative estimate of drug-likeness (QED) is 0.566. The molecule has 0 radical (unpaired) electrons. The molecule has 0 bridgehead atoms. The molecule has 0 aromatic rings. The van der Waals surface area contributed by atoms with Gasteiger partial charge in [-0.1, -0.05) is 0 Å². The van der Waals surface area contributed by atoms with Crippen molar-refractivity contribution in [3.63, 3.8) is 0 Å². The molecule has 2 unspecified atom stereocenters. The van der Waals surface area contributed by atoms with Crippen LogP contribution in [-0.2, 0) is 4.74 Å². The first-order chi connectivity index (χ1) is 7.32. The van der Waals surface area contributed by atoms with Gasteiger partial charge in [-0.25, -0.2) is 0 Å². The van der Waals surface area contributed by atoms with Crippen LogP contribution in [0.4, 0.5) is 13.2 Å².